The molecule has 0 N–H and O–H groups in total. The molecule has 0 aliphatic heterocycles. The summed E-state index contributed by atoms with van der Waals surface area (Å²) in [7, 11) is -32.0. The van der Waals surface area contributed by atoms with Crippen LogP contribution in [0.1, 0.15) is 11.6 Å². The van der Waals surface area contributed by atoms with E-state index in [0.29, 0.717) is 0 Å². The predicted molar refractivity (Wildman–Crippen MR) is 224 cm³/mol. The van der Waals surface area contributed by atoms with Crippen molar-refractivity contribution in [3.63, 3.8) is 0 Å². The maximum atomic E-state index is 9.87. The van der Waals surface area contributed by atoms with Crippen LogP contribution in [-0.4, -0.2) is 29.1 Å². The van der Waals surface area contributed by atoms with Gasteiger partial charge in [-0.25, -0.2) is 19.1 Å². The van der Waals surface area contributed by atoms with Gasteiger partial charge in [-0.1, -0.05) is 61.7 Å². The third-order valence-electron chi connectivity index (χ3n) is 8.30. The zero-order valence-electron chi connectivity index (χ0n) is 34.4. The van der Waals surface area contributed by atoms with E-state index in [9.17, 15) is 75.5 Å². The number of pyridine rings is 4. The van der Waals surface area contributed by atoms with E-state index >= 15 is 0 Å². The maximum Gasteiger partial charge on any atom is 1.00 e. The molecule has 0 fully saturated rings. The van der Waals surface area contributed by atoms with Gasteiger partial charge in [0.2, 0.25) is 11.6 Å². The third-order valence-corrected chi connectivity index (χ3v) is 8.30. The summed E-state index contributed by atoms with van der Waals surface area (Å²) >= 11 is 0. The Kier molecular flexibility index (Phi) is 14.6. The SMILES string of the molecule is C=CC[n+]1ccn(-c2ccc3ccc4cccnc4c3n2)c1C.C=CC[n+]1ccn(-c2ccc3ccc4cccnc4c3n2)c1C.F[P-](F)(F)(F)(F)F.F[P-](F)(F)(F)(F)F.F[P-](F)(F)(F)(F)F.[Cu+]. The molecule has 0 aliphatic rings. The predicted octanol–water partition coefficient (Wildman–Crippen LogP) is 16.9. The number of benzene rings is 2. The molecule has 8 rings (SSSR count). The van der Waals surface area contributed by atoms with Crippen LogP contribution >= 0.6 is 23.4 Å². The summed E-state index contributed by atoms with van der Waals surface area (Å²) < 4.78 is 186. The van der Waals surface area contributed by atoms with E-state index in [-0.39, 0.29) is 17.1 Å². The van der Waals surface area contributed by atoms with E-state index < -0.39 is 23.4 Å². The fourth-order valence-electron chi connectivity index (χ4n) is 5.85. The molecule has 8 aromatic rings. The minimum Gasteiger partial charge on any atom is 1.00 e. The van der Waals surface area contributed by atoms with Crippen LogP contribution in [-0.2, 0) is 30.2 Å². The van der Waals surface area contributed by atoms with Gasteiger partial charge < -0.3 is 0 Å². The van der Waals surface area contributed by atoms with E-state index in [4.69, 9.17) is 9.97 Å². The van der Waals surface area contributed by atoms with Gasteiger partial charge in [-0.05, 0) is 24.3 Å². The summed E-state index contributed by atoms with van der Waals surface area (Å²) in [4.78, 5) is 18.8. The Balaban J connectivity index is 0.000000254. The zero-order valence-corrected chi connectivity index (χ0v) is 38.0. The van der Waals surface area contributed by atoms with Crippen molar-refractivity contribution in [3.05, 3.63) is 147 Å². The van der Waals surface area contributed by atoms with Gasteiger partial charge in [-0.3, -0.25) is 9.97 Å². The number of allylic oxidation sites excluding steroid dienone is 2. The summed E-state index contributed by atoms with van der Waals surface area (Å²) in [6.45, 7) is 13.3. The summed E-state index contributed by atoms with van der Waals surface area (Å²) in [6, 6.07) is 24.7. The fraction of sp³-hybridized carbons (Fsp3) is 0.105. The van der Waals surface area contributed by atoms with Gasteiger partial charge >= 0.3 is 116 Å². The molecule has 30 heteroatoms. The largest absolute Gasteiger partial charge is 1.00 e. The zero-order chi connectivity index (χ0) is 50.8. The monoisotopic (exact) mass is 1100 g/mol. The molecule has 68 heavy (non-hydrogen) atoms. The standard InChI is InChI=1S/2C19H17N4.Cu.3F6P/c2*1-3-11-22-12-13-23(14(22)2)17-9-8-16-7-6-15-5-4-10-20-18(15)19(16)21-17;;3*1-7(2,3,4,5)6/h2*3-10,12-13H,1,11H2,2H3;;;;/q3*+1;3*-1. The van der Waals surface area contributed by atoms with Crippen LogP contribution in [0.25, 0.3) is 55.2 Å². The summed E-state index contributed by atoms with van der Waals surface area (Å²) in [5.41, 5.74) is 3.75. The first kappa shape index (κ1) is 56.9. The molecule has 6 heterocycles. The minimum atomic E-state index is -10.7. The van der Waals surface area contributed by atoms with Crippen LogP contribution in [0.3, 0.4) is 0 Å². The number of imidazole rings is 2. The van der Waals surface area contributed by atoms with Crippen molar-refractivity contribution < 1.29 is 102 Å². The van der Waals surface area contributed by atoms with Crippen LogP contribution in [0.15, 0.2) is 135 Å². The summed E-state index contributed by atoms with van der Waals surface area (Å²) in [6.07, 6.45) is 15.6. The second kappa shape index (κ2) is 17.5. The minimum absolute atomic E-state index is 0. The van der Waals surface area contributed by atoms with Crippen molar-refractivity contribution in [1.29, 1.82) is 0 Å². The van der Waals surface area contributed by atoms with E-state index in [1.807, 2.05) is 73.6 Å². The summed E-state index contributed by atoms with van der Waals surface area (Å²) in [5.74, 6) is 4.03. The van der Waals surface area contributed by atoms with Crippen LogP contribution < -0.4 is 9.13 Å². The maximum absolute atomic E-state index is 10.7. The Morgan fingerprint density at radius 3 is 1.00 bits per heavy atom. The topological polar surface area (TPSA) is 69.2 Å². The molecule has 0 unspecified atom stereocenters. The number of hydrogen-bond acceptors (Lipinski definition) is 4. The van der Waals surface area contributed by atoms with Crippen LogP contribution in [0.2, 0.25) is 0 Å². The molecule has 2 aromatic carbocycles. The van der Waals surface area contributed by atoms with Gasteiger partial charge in [0.1, 0.15) is 48.9 Å². The molecule has 0 radical (unpaired) electrons. The summed E-state index contributed by atoms with van der Waals surface area (Å²) in [5, 5.41) is 4.42. The molecular weight excluding hydrogens is 1070 g/mol. The Hall–Kier alpha value is -5.47. The van der Waals surface area contributed by atoms with E-state index in [1.165, 1.54) is 0 Å². The van der Waals surface area contributed by atoms with Gasteiger partial charge in [0.15, 0.2) is 0 Å². The average molecular weight is 1100 g/mol. The second-order valence-corrected chi connectivity index (χ2v) is 19.7. The molecule has 378 valence electrons. The van der Waals surface area contributed by atoms with Crippen molar-refractivity contribution in [2.75, 3.05) is 0 Å². The van der Waals surface area contributed by atoms with E-state index in [1.54, 1.807) is 0 Å². The first-order valence-electron chi connectivity index (χ1n) is 18.3. The van der Waals surface area contributed by atoms with Crippen LogP contribution in [0.4, 0.5) is 75.5 Å². The molecule has 0 spiro atoms. The van der Waals surface area contributed by atoms with Gasteiger partial charge in [-0.15, -0.1) is 0 Å². The third kappa shape index (κ3) is 21.2. The number of rotatable bonds is 6. The second-order valence-electron chi connectivity index (χ2n) is 14.0. The molecule has 0 atom stereocenters. The van der Waals surface area contributed by atoms with Crippen molar-refractivity contribution in [2.24, 2.45) is 0 Å². The Morgan fingerprint density at radius 2 is 0.721 bits per heavy atom. The van der Waals surface area contributed by atoms with Crippen molar-refractivity contribution in [1.82, 2.24) is 29.1 Å². The number of aromatic nitrogens is 8. The molecule has 0 aliphatic carbocycles. The number of halogens is 18. The number of nitrogens with zero attached hydrogens (tertiary/aromatic N) is 8. The number of fused-ring (bicyclic) bond motifs is 6. The van der Waals surface area contributed by atoms with Crippen molar-refractivity contribution in [3.8, 4) is 11.6 Å². The fourth-order valence-corrected chi connectivity index (χ4v) is 5.85. The Morgan fingerprint density at radius 1 is 0.456 bits per heavy atom. The van der Waals surface area contributed by atoms with Crippen LogP contribution in [0, 0.1) is 13.8 Å². The molecule has 6 aromatic heterocycles. The van der Waals surface area contributed by atoms with Gasteiger partial charge in [-0.2, -0.15) is 9.13 Å². The smallest absolute Gasteiger partial charge is 1.00 e. The van der Waals surface area contributed by atoms with Crippen molar-refractivity contribution >= 4 is 67.0 Å². The molecule has 0 amide bonds. The molecule has 0 saturated heterocycles. The molecule has 0 saturated carbocycles. The Labute approximate surface area is 382 Å². The quantitative estimate of drug-likeness (QED) is 0.0415. The van der Waals surface area contributed by atoms with Gasteiger partial charge in [0, 0.05) is 59.9 Å². The van der Waals surface area contributed by atoms with Crippen molar-refractivity contribution in [2.45, 2.75) is 26.9 Å². The normalized spacial score (nSPS) is 14.7. The molecular formula is C38H34CuF18N8P3. The van der Waals surface area contributed by atoms with Gasteiger partial charge in [0.05, 0.1) is 11.0 Å². The van der Waals surface area contributed by atoms with Gasteiger partial charge in [0.25, 0.3) is 11.6 Å². The average Bonchev–Trinajstić information content (AvgIpc) is 3.71. The molecule has 8 nitrogen and oxygen atoms in total. The van der Waals surface area contributed by atoms with E-state index in [0.717, 1.165) is 80.0 Å². The first-order valence-corrected chi connectivity index (χ1v) is 24.3. The number of hydrogen-bond donors (Lipinski definition) is 0. The first-order chi connectivity index (χ1) is 29.9. The Bertz CT molecular complexity index is 2870. The molecule has 0 bridgehead atoms. The van der Waals surface area contributed by atoms with Crippen LogP contribution in [0.5, 0.6) is 0 Å². The van der Waals surface area contributed by atoms with E-state index in [2.05, 4.69) is 104 Å².